The van der Waals surface area contributed by atoms with Gasteiger partial charge in [-0.2, -0.15) is 0 Å². The highest BCUT2D eigenvalue weighted by Crippen LogP contribution is 2.01. The van der Waals surface area contributed by atoms with Crippen LogP contribution in [-0.2, 0) is 42.7 Å². The fourth-order valence-electron chi connectivity index (χ4n) is 4.07. The van der Waals surface area contributed by atoms with Crippen molar-refractivity contribution in [2.24, 2.45) is 0 Å². The van der Waals surface area contributed by atoms with Crippen LogP contribution in [0.1, 0.15) is 110 Å². The second kappa shape index (κ2) is 40.1. The molecule has 0 bridgehead atoms. The van der Waals surface area contributed by atoms with Gasteiger partial charge in [0.1, 0.15) is 0 Å². The molecule has 274 valence electrons. The predicted octanol–water partition coefficient (Wildman–Crippen LogP) is 6.46. The summed E-state index contributed by atoms with van der Waals surface area (Å²) >= 11 is 0. The topological polar surface area (TPSA) is 111 Å². The summed E-state index contributed by atoms with van der Waals surface area (Å²) in [5.41, 5.74) is 0.436. The number of carbonyl (C=O) groups is 1. The SMILES string of the molecule is C=C(C)C(=O)OCCCCOCCCCOCCCCOCCCCOCCCCOCCCCOCCCCOCCCCO. The summed E-state index contributed by atoms with van der Waals surface area (Å²) in [5, 5.41) is 8.71. The number of carbonyl (C=O) groups excluding carboxylic acids is 1. The molecule has 0 amide bonds. The van der Waals surface area contributed by atoms with Crippen LogP contribution >= 0.6 is 0 Å². The number of hydrogen-bond acceptors (Lipinski definition) is 10. The minimum absolute atomic E-state index is 0.248. The van der Waals surface area contributed by atoms with Gasteiger partial charge in [0.2, 0.25) is 0 Å². The Morgan fingerprint density at radius 3 is 0.783 bits per heavy atom. The van der Waals surface area contributed by atoms with E-state index in [4.69, 9.17) is 43.0 Å². The first-order valence-corrected chi connectivity index (χ1v) is 18.2. The molecule has 1 N–H and O–H groups in total. The van der Waals surface area contributed by atoms with E-state index in [1.165, 1.54) is 0 Å². The zero-order valence-electron chi connectivity index (χ0n) is 29.5. The molecule has 0 aliphatic rings. The van der Waals surface area contributed by atoms with Crippen molar-refractivity contribution >= 4 is 5.97 Å². The van der Waals surface area contributed by atoms with Crippen molar-refractivity contribution in [3.05, 3.63) is 12.2 Å². The van der Waals surface area contributed by atoms with Crippen molar-refractivity contribution in [1.29, 1.82) is 0 Å². The lowest BCUT2D eigenvalue weighted by Gasteiger charge is -2.08. The van der Waals surface area contributed by atoms with Crippen molar-refractivity contribution < 1.29 is 47.8 Å². The van der Waals surface area contributed by atoms with Gasteiger partial charge in [0, 0.05) is 105 Å². The second-order valence-corrected chi connectivity index (χ2v) is 11.6. The first kappa shape index (κ1) is 44.9. The van der Waals surface area contributed by atoms with E-state index in [0.717, 1.165) is 189 Å². The van der Waals surface area contributed by atoms with Gasteiger partial charge in [-0.15, -0.1) is 0 Å². The molecule has 0 spiro atoms. The van der Waals surface area contributed by atoms with Gasteiger partial charge < -0.3 is 43.0 Å². The molecular weight excluding hydrogens is 592 g/mol. The van der Waals surface area contributed by atoms with Crippen LogP contribution in [0.15, 0.2) is 12.2 Å². The fraction of sp³-hybridized carbons (Fsp3) is 0.917. The Morgan fingerprint density at radius 2 is 0.587 bits per heavy atom. The maximum atomic E-state index is 11.3. The molecular formula is C36H70O10. The van der Waals surface area contributed by atoms with E-state index in [2.05, 4.69) is 6.58 Å². The van der Waals surface area contributed by atoms with Gasteiger partial charge in [-0.05, 0) is 110 Å². The molecule has 10 heteroatoms. The molecule has 0 atom stereocenters. The zero-order chi connectivity index (χ0) is 33.4. The van der Waals surface area contributed by atoms with E-state index < -0.39 is 0 Å². The minimum atomic E-state index is -0.323. The highest BCUT2D eigenvalue weighted by molar-refractivity contribution is 5.86. The lowest BCUT2D eigenvalue weighted by atomic mass is 10.3. The van der Waals surface area contributed by atoms with Crippen LogP contribution in [0.5, 0.6) is 0 Å². The normalized spacial score (nSPS) is 11.3. The Morgan fingerprint density at radius 1 is 0.391 bits per heavy atom. The van der Waals surface area contributed by atoms with E-state index in [-0.39, 0.29) is 12.6 Å². The van der Waals surface area contributed by atoms with Gasteiger partial charge >= 0.3 is 5.97 Å². The van der Waals surface area contributed by atoms with Gasteiger partial charge in [-0.25, -0.2) is 4.79 Å². The molecule has 0 radical (unpaired) electrons. The molecule has 0 aliphatic heterocycles. The van der Waals surface area contributed by atoms with Crippen LogP contribution in [0.2, 0.25) is 0 Å². The van der Waals surface area contributed by atoms with Gasteiger partial charge in [0.05, 0.1) is 6.61 Å². The number of unbranched alkanes of at least 4 members (excludes halogenated alkanes) is 8. The van der Waals surface area contributed by atoms with E-state index in [1.807, 2.05) is 0 Å². The Bertz CT molecular complexity index is 620. The summed E-state index contributed by atoms with van der Waals surface area (Å²) in [6.45, 7) is 16.8. The lowest BCUT2D eigenvalue weighted by molar-refractivity contribution is -0.139. The van der Waals surface area contributed by atoms with Crippen molar-refractivity contribution in [3.8, 4) is 0 Å². The molecule has 0 saturated heterocycles. The molecule has 0 unspecified atom stereocenters. The predicted molar refractivity (Wildman–Crippen MR) is 182 cm³/mol. The number of aliphatic hydroxyl groups is 1. The van der Waals surface area contributed by atoms with Gasteiger partial charge in [-0.1, -0.05) is 6.58 Å². The fourth-order valence-corrected chi connectivity index (χ4v) is 4.07. The average molecular weight is 663 g/mol. The maximum absolute atomic E-state index is 11.3. The van der Waals surface area contributed by atoms with Crippen LogP contribution in [0.25, 0.3) is 0 Å². The molecule has 0 saturated carbocycles. The number of rotatable bonds is 40. The quantitative estimate of drug-likeness (QED) is 0.0446. The molecule has 0 rings (SSSR count). The van der Waals surface area contributed by atoms with E-state index in [9.17, 15) is 4.79 Å². The maximum Gasteiger partial charge on any atom is 0.333 e. The van der Waals surface area contributed by atoms with Crippen LogP contribution in [0.3, 0.4) is 0 Å². The first-order chi connectivity index (χ1) is 22.7. The standard InChI is InChI=1S/C36H70O10/c1-35(2)36(38)46-34-18-17-33-45-32-16-15-31-44-30-14-13-29-43-28-12-11-27-42-26-10-9-25-41-24-8-7-23-40-22-6-5-21-39-20-4-3-19-37/h37H,1,3-34H2,2H3. The highest BCUT2D eigenvalue weighted by Gasteiger charge is 2.02. The Kier molecular flexibility index (Phi) is 39.1. The lowest BCUT2D eigenvalue weighted by Crippen LogP contribution is -2.07. The van der Waals surface area contributed by atoms with Crippen molar-refractivity contribution in [2.45, 2.75) is 110 Å². The highest BCUT2D eigenvalue weighted by atomic mass is 16.5. The molecule has 0 heterocycles. The van der Waals surface area contributed by atoms with Gasteiger partial charge in [0.25, 0.3) is 0 Å². The van der Waals surface area contributed by atoms with Crippen molar-refractivity contribution in [1.82, 2.24) is 0 Å². The average Bonchev–Trinajstić information content (AvgIpc) is 3.05. The molecule has 10 nitrogen and oxygen atoms in total. The van der Waals surface area contributed by atoms with Crippen LogP contribution in [0.4, 0.5) is 0 Å². The minimum Gasteiger partial charge on any atom is -0.462 e. The summed E-state index contributed by atoms with van der Waals surface area (Å²) in [5.74, 6) is -0.323. The third-order valence-electron chi connectivity index (χ3n) is 6.93. The summed E-state index contributed by atoms with van der Waals surface area (Å²) in [7, 11) is 0. The third-order valence-corrected chi connectivity index (χ3v) is 6.93. The molecule has 0 aromatic carbocycles. The number of aliphatic hydroxyl groups excluding tert-OH is 1. The van der Waals surface area contributed by atoms with E-state index >= 15 is 0 Å². The molecule has 46 heavy (non-hydrogen) atoms. The van der Waals surface area contributed by atoms with Crippen LogP contribution in [-0.4, -0.2) is 117 Å². The first-order valence-electron chi connectivity index (χ1n) is 18.2. The number of ether oxygens (including phenoxy) is 8. The van der Waals surface area contributed by atoms with Crippen LogP contribution in [0, 0.1) is 0 Å². The Labute approximate surface area is 281 Å². The van der Waals surface area contributed by atoms with E-state index in [1.54, 1.807) is 6.92 Å². The monoisotopic (exact) mass is 662 g/mol. The number of hydrogen-bond donors (Lipinski definition) is 1. The number of esters is 1. The largest absolute Gasteiger partial charge is 0.462 e. The molecule has 0 fully saturated rings. The Hall–Kier alpha value is -1.11. The zero-order valence-corrected chi connectivity index (χ0v) is 29.5. The summed E-state index contributed by atoms with van der Waals surface area (Å²) in [4.78, 5) is 11.3. The van der Waals surface area contributed by atoms with Crippen molar-refractivity contribution in [2.75, 3.05) is 106 Å². The van der Waals surface area contributed by atoms with Gasteiger partial charge in [-0.3, -0.25) is 0 Å². The summed E-state index contributed by atoms with van der Waals surface area (Å²) < 4.78 is 44.7. The van der Waals surface area contributed by atoms with E-state index in [0.29, 0.717) is 18.8 Å². The third kappa shape index (κ3) is 39.1. The summed E-state index contributed by atoms with van der Waals surface area (Å²) in [6, 6.07) is 0. The Balaban J connectivity index is 3.06. The summed E-state index contributed by atoms with van der Waals surface area (Å²) in [6.07, 6.45) is 15.8. The second-order valence-electron chi connectivity index (χ2n) is 11.6. The van der Waals surface area contributed by atoms with Crippen molar-refractivity contribution in [3.63, 3.8) is 0 Å². The molecule has 0 aromatic rings. The molecule has 0 aliphatic carbocycles. The van der Waals surface area contributed by atoms with Gasteiger partial charge in [0.15, 0.2) is 0 Å². The molecule has 0 aromatic heterocycles. The van der Waals surface area contributed by atoms with Crippen LogP contribution < -0.4 is 0 Å². The smallest absolute Gasteiger partial charge is 0.333 e.